The summed E-state index contributed by atoms with van der Waals surface area (Å²) in [5.74, 6) is 0.107. The van der Waals surface area contributed by atoms with Crippen molar-refractivity contribution in [3.63, 3.8) is 0 Å². The fraction of sp³-hybridized carbons (Fsp3) is 0.556. The van der Waals surface area contributed by atoms with Gasteiger partial charge in [-0.05, 0) is 31.2 Å². The third-order valence-corrected chi connectivity index (χ3v) is 4.58. The van der Waals surface area contributed by atoms with Gasteiger partial charge >= 0.3 is 0 Å². The Morgan fingerprint density at radius 2 is 2.09 bits per heavy atom. The first-order valence-electron chi connectivity index (χ1n) is 8.50. The zero-order valence-corrected chi connectivity index (χ0v) is 13.4. The standard InChI is InChI=1S/C18H24N2O3/c21-17-10-9-16(18(22)20-12-5-13-23-20)14-19(17)11-4-8-15-6-2-1-3-7-15/h1-3,6-7,16H,4-5,8-14H2. The van der Waals surface area contributed by atoms with Crippen LogP contribution in [-0.4, -0.2) is 48.0 Å². The molecule has 1 atom stereocenters. The summed E-state index contributed by atoms with van der Waals surface area (Å²) in [6.07, 6.45) is 3.90. The van der Waals surface area contributed by atoms with Gasteiger partial charge in [0.2, 0.25) is 5.91 Å². The van der Waals surface area contributed by atoms with E-state index in [1.807, 2.05) is 23.1 Å². The van der Waals surface area contributed by atoms with Crippen LogP contribution in [0.25, 0.3) is 0 Å². The summed E-state index contributed by atoms with van der Waals surface area (Å²) in [4.78, 5) is 31.7. The van der Waals surface area contributed by atoms with Gasteiger partial charge in [0.1, 0.15) is 0 Å². The van der Waals surface area contributed by atoms with Crippen LogP contribution in [0.2, 0.25) is 0 Å². The maximum Gasteiger partial charge on any atom is 0.251 e. The second-order valence-electron chi connectivity index (χ2n) is 6.29. The molecule has 2 amide bonds. The number of aryl methyl sites for hydroxylation is 1. The highest BCUT2D eigenvalue weighted by atomic mass is 16.7. The Labute approximate surface area is 137 Å². The number of likely N-dealkylation sites (tertiary alicyclic amines) is 1. The molecule has 0 N–H and O–H groups in total. The smallest absolute Gasteiger partial charge is 0.251 e. The second-order valence-corrected chi connectivity index (χ2v) is 6.29. The first-order valence-corrected chi connectivity index (χ1v) is 8.50. The van der Waals surface area contributed by atoms with Crippen molar-refractivity contribution in [3.8, 4) is 0 Å². The van der Waals surface area contributed by atoms with Crippen LogP contribution in [0.1, 0.15) is 31.2 Å². The third kappa shape index (κ3) is 4.10. The number of nitrogens with zero attached hydrogens (tertiary/aromatic N) is 2. The van der Waals surface area contributed by atoms with Crippen LogP contribution in [0.5, 0.6) is 0 Å². The van der Waals surface area contributed by atoms with Crippen molar-refractivity contribution in [3.05, 3.63) is 35.9 Å². The van der Waals surface area contributed by atoms with E-state index < -0.39 is 0 Å². The molecule has 0 radical (unpaired) electrons. The van der Waals surface area contributed by atoms with Gasteiger partial charge in [-0.2, -0.15) is 0 Å². The summed E-state index contributed by atoms with van der Waals surface area (Å²) in [6.45, 7) is 2.56. The van der Waals surface area contributed by atoms with Gasteiger partial charge in [0.25, 0.3) is 5.91 Å². The molecule has 124 valence electrons. The number of hydroxylamine groups is 2. The summed E-state index contributed by atoms with van der Waals surface area (Å²) in [5.41, 5.74) is 1.29. The first kappa shape index (κ1) is 16.0. The van der Waals surface area contributed by atoms with E-state index in [1.54, 1.807) is 0 Å². The predicted octanol–water partition coefficient (Wildman–Crippen LogP) is 2.02. The highest BCUT2D eigenvalue weighted by Crippen LogP contribution is 2.22. The molecule has 0 saturated carbocycles. The van der Waals surface area contributed by atoms with Crippen molar-refractivity contribution in [1.82, 2.24) is 9.96 Å². The molecule has 5 heteroatoms. The Bertz CT molecular complexity index is 540. The van der Waals surface area contributed by atoms with Crippen LogP contribution in [0.3, 0.4) is 0 Å². The van der Waals surface area contributed by atoms with Crippen molar-refractivity contribution < 1.29 is 14.4 Å². The minimum absolute atomic E-state index is 0.0445. The van der Waals surface area contributed by atoms with Crippen LogP contribution >= 0.6 is 0 Å². The minimum atomic E-state index is -0.109. The predicted molar refractivity (Wildman–Crippen MR) is 86.3 cm³/mol. The van der Waals surface area contributed by atoms with Gasteiger partial charge in [-0.1, -0.05) is 30.3 Å². The first-order chi connectivity index (χ1) is 11.2. The lowest BCUT2D eigenvalue weighted by Gasteiger charge is -2.33. The summed E-state index contributed by atoms with van der Waals surface area (Å²) in [6, 6.07) is 10.3. The van der Waals surface area contributed by atoms with Gasteiger partial charge in [0.15, 0.2) is 0 Å². The topological polar surface area (TPSA) is 49.9 Å². The lowest BCUT2D eigenvalue weighted by molar-refractivity contribution is -0.175. The molecule has 2 heterocycles. The van der Waals surface area contributed by atoms with Crippen molar-refractivity contribution in [2.45, 2.75) is 32.1 Å². The monoisotopic (exact) mass is 316 g/mol. The van der Waals surface area contributed by atoms with Crippen LogP contribution < -0.4 is 0 Å². The molecule has 5 nitrogen and oxygen atoms in total. The number of amides is 2. The molecule has 2 aliphatic rings. The Balaban J connectivity index is 1.49. The molecule has 1 aromatic carbocycles. The number of rotatable bonds is 5. The Hall–Kier alpha value is -1.88. The van der Waals surface area contributed by atoms with Gasteiger partial charge in [-0.25, -0.2) is 5.06 Å². The molecule has 2 aliphatic heterocycles. The average molecular weight is 316 g/mol. The summed E-state index contributed by atoms with van der Waals surface area (Å²) in [5, 5.41) is 1.49. The van der Waals surface area contributed by atoms with E-state index in [0.29, 0.717) is 32.5 Å². The van der Waals surface area contributed by atoms with Crippen molar-refractivity contribution in [1.29, 1.82) is 0 Å². The number of hydrogen-bond acceptors (Lipinski definition) is 3. The Kier molecular flexibility index (Phi) is 5.28. The van der Waals surface area contributed by atoms with E-state index in [4.69, 9.17) is 4.84 Å². The zero-order chi connectivity index (χ0) is 16.1. The summed E-state index contributed by atoms with van der Waals surface area (Å²) < 4.78 is 0. The lowest BCUT2D eigenvalue weighted by Crippen LogP contribution is -2.46. The van der Waals surface area contributed by atoms with Crippen LogP contribution in [0, 0.1) is 5.92 Å². The second kappa shape index (κ2) is 7.59. The van der Waals surface area contributed by atoms with Gasteiger partial charge < -0.3 is 4.90 Å². The molecular weight excluding hydrogens is 292 g/mol. The Morgan fingerprint density at radius 1 is 1.26 bits per heavy atom. The fourth-order valence-corrected chi connectivity index (χ4v) is 3.28. The highest BCUT2D eigenvalue weighted by Gasteiger charge is 2.34. The van der Waals surface area contributed by atoms with Crippen LogP contribution in [-0.2, 0) is 20.8 Å². The van der Waals surface area contributed by atoms with E-state index in [1.165, 1.54) is 10.6 Å². The molecule has 23 heavy (non-hydrogen) atoms. The molecule has 0 aromatic heterocycles. The molecular formula is C18H24N2O3. The zero-order valence-electron chi connectivity index (χ0n) is 13.4. The number of hydrogen-bond donors (Lipinski definition) is 0. The number of carbonyl (C=O) groups is 2. The minimum Gasteiger partial charge on any atom is -0.342 e. The summed E-state index contributed by atoms with van der Waals surface area (Å²) in [7, 11) is 0. The highest BCUT2D eigenvalue weighted by molar-refractivity contribution is 5.83. The number of piperidine rings is 1. The van der Waals surface area contributed by atoms with Gasteiger partial charge in [0, 0.05) is 19.5 Å². The normalized spacial score (nSPS) is 21.7. The van der Waals surface area contributed by atoms with Crippen LogP contribution in [0.4, 0.5) is 0 Å². The molecule has 0 aliphatic carbocycles. The van der Waals surface area contributed by atoms with E-state index in [-0.39, 0.29) is 17.7 Å². The van der Waals surface area contributed by atoms with Crippen molar-refractivity contribution in [2.75, 3.05) is 26.2 Å². The van der Waals surface area contributed by atoms with E-state index in [0.717, 1.165) is 25.8 Å². The van der Waals surface area contributed by atoms with Gasteiger partial charge in [-0.3, -0.25) is 14.4 Å². The van der Waals surface area contributed by atoms with E-state index >= 15 is 0 Å². The van der Waals surface area contributed by atoms with Crippen molar-refractivity contribution >= 4 is 11.8 Å². The maximum absolute atomic E-state index is 12.4. The van der Waals surface area contributed by atoms with E-state index in [2.05, 4.69) is 12.1 Å². The SMILES string of the molecule is O=C1CCC(C(=O)N2CCCO2)CN1CCCc1ccccc1. The summed E-state index contributed by atoms with van der Waals surface area (Å²) >= 11 is 0. The molecule has 3 rings (SSSR count). The maximum atomic E-state index is 12.4. The molecule has 2 fully saturated rings. The largest absolute Gasteiger partial charge is 0.342 e. The molecule has 0 bridgehead atoms. The number of benzene rings is 1. The quantitative estimate of drug-likeness (QED) is 0.835. The lowest BCUT2D eigenvalue weighted by atomic mass is 9.96. The van der Waals surface area contributed by atoms with Crippen molar-refractivity contribution in [2.24, 2.45) is 5.92 Å². The average Bonchev–Trinajstić information content (AvgIpc) is 3.11. The third-order valence-electron chi connectivity index (χ3n) is 4.58. The van der Waals surface area contributed by atoms with E-state index in [9.17, 15) is 9.59 Å². The van der Waals surface area contributed by atoms with Gasteiger partial charge in [-0.15, -0.1) is 0 Å². The van der Waals surface area contributed by atoms with Crippen LogP contribution in [0.15, 0.2) is 30.3 Å². The fourth-order valence-electron chi connectivity index (χ4n) is 3.28. The molecule has 1 aromatic rings. The molecule has 0 spiro atoms. The molecule has 2 saturated heterocycles. The number of carbonyl (C=O) groups excluding carboxylic acids is 2. The van der Waals surface area contributed by atoms with Gasteiger partial charge in [0.05, 0.1) is 19.1 Å². The molecule has 1 unspecified atom stereocenters. The Morgan fingerprint density at radius 3 is 2.83 bits per heavy atom.